The highest BCUT2D eigenvalue weighted by Crippen LogP contribution is 2.07. The smallest absolute Gasteiger partial charge is 0.243 e. The van der Waals surface area contributed by atoms with Gasteiger partial charge in [-0.25, -0.2) is 0 Å². The summed E-state index contributed by atoms with van der Waals surface area (Å²) in [5, 5.41) is 6.07. The molecule has 1 amide bonds. The van der Waals surface area contributed by atoms with Gasteiger partial charge in [-0.1, -0.05) is 5.16 Å². The average molecular weight is 169 g/mol. The molecule has 12 heavy (non-hydrogen) atoms. The van der Waals surface area contributed by atoms with Crippen LogP contribution in [0, 0.1) is 6.92 Å². The minimum atomic E-state index is -0.546. The molecule has 0 aromatic carbocycles. The first-order chi connectivity index (χ1) is 5.59. The predicted octanol–water partition coefficient (Wildman–Crippen LogP) is 0.269. The number of rotatable bonds is 2. The average Bonchev–Trinajstić information content (AvgIpc) is 2.35. The van der Waals surface area contributed by atoms with Gasteiger partial charge < -0.3 is 10.3 Å². The zero-order valence-electron chi connectivity index (χ0n) is 7.00. The molecule has 3 N–H and O–H groups in total. The Bertz CT molecular complexity index is 280. The van der Waals surface area contributed by atoms with Gasteiger partial charge in [-0.05, 0) is 13.8 Å². The van der Waals surface area contributed by atoms with Gasteiger partial charge in [0.25, 0.3) is 0 Å². The van der Waals surface area contributed by atoms with Gasteiger partial charge in [-0.15, -0.1) is 0 Å². The van der Waals surface area contributed by atoms with Crippen molar-refractivity contribution in [3.8, 4) is 0 Å². The summed E-state index contributed by atoms with van der Waals surface area (Å²) in [6.07, 6.45) is 0. The minimum absolute atomic E-state index is 0.286. The fraction of sp³-hybridized carbons (Fsp3) is 0.429. The van der Waals surface area contributed by atoms with E-state index in [2.05, 4.69) is 10.5 Å². The number of anilines is 1. The van der Waals surface area contributed by atoms with Crippen LogP contribution in [0.3, 0.4) is 0 Å². The molecule has 1 unspecified atom stereocenters. The summed E-state index contributed by atoms with van der Waals surface area (Å²) < 4.78 is 4.75. The van der Waals surface area contributed by atoms with E-state index in [1.165, 1.54) is 0 Å². The van der Waals surface area contributed by atoms with Crippen molar-refractivity contribution < 1.29 is 9.32 Å². The highest BCUT2D eigenvalue weighted by molar-refractivity contribution is 5.93. The van der Waals surface area contributed by atoms with Gasteiger partial charge in [-0.3, -0.25) is 10.1 Å². The highest BCUT2D eigenvalue weighted by Gasteiger charge is 2.09. The van der Waals surface area contributed by atoms with E-state index in [4.69, 9.17) is 10.3 Å². The zero-order chi connectivity index (χ0) is 9.14. The first-order valence-corrected chi connectivity index (χ1v) is 3.59. The van der Waals surface area contributed by atoms with Crippen LogP contribution in [0.1, 0.15) is 12.6 Å². The van der Waals surface area contributed by atoms with E-state index in [1.54, 1.807) is 19.9 Å². The Morgan fingerprint density at radius 2 is 2.50 bits per heavy atom. The molecule has 1 atom stereocenters. The number of nitrogens with zero attached hydrogens (tertiary/aromatic N) is 1. The molecular weight excluding hydrogens is 158 g/mol. The molecule has 5 nitrogen and oxygen atoms in total. The molecule has 0 aliphatic rings. The molecule has 5 heteroatoms. The lowest BCUT2D eigenvalue weighted by Gasteiger charge is -2.02. The van der Waals surface area contributed by atoms with Crippen LogP contribution < -0.4 is 11.1 Å². The van der Waals surface area contributed by atoms with Crippen LogP contribution in [0.4, 0.5) is 5.88 Å². The first kappa shape index (κ1) is 8.73. The fourth-order valence-corrected chi connectivity index (χ4v) is 0.658. The summed E-state index contributed by atoms with van der Waals surface area (Å²) >= 11 is 0. The number of aryl methyl sites for hydroxylation is 1. The second-order valence-electron chi connectivity index (χ2n) is 2.61. The van der Waals surface area contributed by atoms with Gasteiger partial charge >= 0.3 is 0 Å². The standard InChI is InChI=1S/C7H11N3O2/c1-4-3-6(12-10-4)9-7(11)5(2)8/h3,5H,8H2,1-2H3,(H,9,11). The zero-order valence-corrected chi connectivity index (χ0v) is 7.00. The van der Waals surface area contributed by atoms with Crippen LogP contribution in [0.25, 0.3) is 0 Å². The molecule has 1 heterocycles. The Morgan fingerprint density at radius 1 is 1.83 bits per heavy atom. The maximum Gasteiger partial charge on any atom is 0.243 e. The summed E-state index contributed by atoms with van der Waals surface area (Å²) in [5.41, 5.74) is 6.03. The quantitative estimate of drug-likeness (QED) is 0.665. The molecule has 0 fully saturated rings. The number of hydrogen-bond acceptors (Lipinski definition) is 4. The molecule has 66 valence electrons. The summed E-state index contributed by atoms with van der Waals surface area (Å²) in [6, 6.07) is 1.08. The maximum absolute atomic E-state index is 11.0. The maximum atomic E-state index is 11.0. The molecule has 0 saturated heterocycles. The van der Waals surface area contributed by atoms with Crippen molar-refractivity contribution >= 4 is 11.8 Å². The van der Waals surface area contributed by atoms with E-state index in [0.29, 0.717) is 5.88 Å². The lowest BCUT2D eigenvalue weighted by atomic mass is 10.3. The van der Waals surface area contributed by atoms with Crippen molar-refractivity contribution in [1.82, 2.24) is 5.16 Å². The number of aromatic nitrogens is 1. The number of hydrogen-bond donors (Lipinski definition) is 2. The number of nitrogens with one attached hydrogen (secondary N) is 1. The Balaban J connectivity index is 2.58. The van der Waals surface area contributed by atoms with Crippen LogP contribution in [0.15, 0.2) is 10.6 Å². The largest absolute Gasteiger partial charge is 0.338 e. The van der Waals surface area contributed by atoms with Crippen LogP contribution in [-0.2, 0) is 4.79 Å². The van der Waals surface area contributed by atoms with Gasteiger partial charge in [0.2, 0.25) is 11.8 Å². The molecular formula is C7H11N3O2. The normalized spacial score (nSPS) is 12.6. The van der Waals surface area contributed by atoms with E-state index in [0.717, 1.165) is 5.69 Å². The van der Waals surface area contributed by atoms with Gasteiger partial charge in [0.15, 0.2) is 0 Å². The van der Waals surface area contributed by atoms with E-state index < -0.39 is 6.04 Å². The van der Waals surface area contributed by atoms with Gasteiger partial charge in [0.05, 0.1) is 11.7 Å². The molecule has 1 aromatic heterocycles. The van der Waals surface area contributed by atoms with Crippen LogP contribution in [-0.4, -0.2) is 17.1 Å². The first-order valence-electron chi connectivity index (χ1n) is 3.59. The van der Waals surface area contributed by atoms with E-state index in [1.807, 2.05) is 0 Å². The number of carbonyl (C=O) groups is 1. The SMILES string of the molecule is Cc1cc(NC(=O)C(C)N)on1. The molecule has 1 aromatic rings. The highest BCUT2D eigenvalue weighted by atomic mass is 16.5. The Kier molecular flexibility index (Phi) is 2.44. The van der Waals surface area contributed by atoms with Crippen molar-refractivity contribution in [2.75, 3.05) is 5.32 Å². The van der Waals surface area contributed by atoms with Crippen molar-refractivity contribution in [3.63, 3.8) is 0 Å². The molecule has 0 saturated carbocycles. The third-order valence-electron chi connectivity index (χ3n) is 1.29. The molecule has 0 aliphatic heterocycles. The second kappa shape index (κ2) is 3.36. The van der Waals surface area contributed by atoms with Crippen LogP contribution in [0.2, 0.25) is 0 Å². The van der Waals surface area contributed by atoms with Gasteiger partial charge in [0.1, 0.15) is 0 Å². The van der Waals surface area contributed by atoms with Crippen LogP contribution in [0.5, 0.6) is 0 Å². The lowest BCUT2D eigenvalue weighted by Crippen LogP contribution is -2.32. The number of amides is 1. The lowest BCUT2D eigenvalue weighted by molar-refractivity contribution is -0.117. The molecule has 0 radical (unpaired) electrons. The van der Waals surface area contributed by atoms with Gasteiger partial charge in [-0.2, -0.15) is 0 Å². The Hall–Kier alpha value is -1.36. The number of carbonyl (C=O) groups excluding carboxylic acids is 1. The molecule has 1 rings (SSSR count). The molecule has 0 bridgehead atoms. The molecule has 0 aliphatic carbocycles. The third kappa shape index (κ3) is 2.06. The van der Waals surface area contributed by atoms with Crippen LogP contribution >= 0.6 is 0 Å². The Labute approximate surface area is 69.9 Å². The van der Waals surface area contributed by atoms with E-state index in [-0.39, 0.29) is 5.91 Å². The second-order valence-corrected chi connectivity index (χ2v) is 2.61. The summed E-state index contributed by atoms with van der Waals surface area (Å²) in [5.74, 6) is 0.0425. The number of nitrogens with two attached hydrogens (primary N) is 1. The minimum Gasteiger partial charge on any atom is -0.338 e. The van der Waals surface area contributed by atoms with Crippen molar-refractivity contribution in [3.05, 3.63) is 11.8 Å². The molecule has 0 spiro atoms. The van der Waals surface area contributed by atoms with Gasteiger partial charge in [0, 0.05) is 6.07 Å². The predicted molar refractivity (Wildman–Crippen MR) is 43.5 cm³/mol. The Morgan fingerprint density at radius 3 is 2.92 bits per heavy atom. The monoisotopic (exact) mass is 169 g/mol. The van der Waals surface area contributed by atoms with E-state index in [9.17, 15) is 4.79 Å². The third-order valence-corrected chi connectivity index (χ3v) is 1.29. The fourth-order valence-electron chi connectivity index (χ4n) is 0.658. The topological polar surface area (TPSA) is 81.2 Å². The summed E-state index contributed by atoms with van der Waals surface area (Å²) in [4.78, 5) is 11.0. The summed E-state index contributed by atoms with van der Waals surface area (Å²) in [7, 11) is 0. The van der Waals surface area contributed by atoms with Crippen molar-refractivity contribution in [1.29, 1.82) is 0 Å². The van der Waals surface area contributed by atoms with Crippen molar-refractivity contribution in [2.24, 2.45) is 5.73 Å². The summed E-state index contributed by atoms with van der Waals surface area (Å²) in [6.45, 7) is 3.36. The van der Waals surface area contributed by atoms with E-state index >= 15 is 0 Å². The van der Waals surface area contributed by atoms with Crippen molar-refractivity contribution in [2.45, 2.75) is 19.9 Å².